The molecule has 1 aliphatic rings. The summed E-state index contributed by atoms with van der Waals surface area (Å²) < 4.78 is 4.77. The first-order valence-corrected chi connectivity index (χ1v) is 4.07. The van der Waals surface area contributed by atoms with Crippen molar-refractivity contribution in [3.63, 3.8) is 0 Å². The van der Waals surface area contributed by atoms with E-state index >= 15 is 0 Å². The van der Waals surface area contributed by atoms with Crippen LogP contribution in [0.1, 0.15) is 6.92 Å². The molecule has 0 spiro atoms. The molecule has 0 bridgehead atoms. The Morgan fingerprint density at radius 2 is 2.58 bits per heavy atom. The summed E-state index contributed by atoms with van der Waals surface area (Å²) in [6, 6.07) is 0. The van der Waals surface area contributed by atoms with Crippen LogP contribution in [0.3, 0.4) is 0 Å². The second-order valence-electron chi connectivity index (χ2n) is 2.63. The van der Waals surface area contributed by atoms with Crippen LogP contribution in [0.4, 0.5) is 0 Å². The topological polar surface area (TPSA) is 41.6 Å². The summed E-state index contributed by atoms with van der Waals surface area (Å²) in [5, 5.41) is 3.08. The fraction of sp³-hybridized carbons (Fsp3) is 0.625. The zero-order chi connectivity index (χ0) is 8.97. The van der Waals surface area contributed by atoms with E-state index in [1.807, 2.05) is 11.9 Å². The molecule has 0 aromatic carbocycles. The molecule has 68 valence electrons. The van der Waals surface area contributed by atoms with Crippen molar-refractivity contribution >= 4 is 5.97 Å². The van der Waals surface area contributed by atoms with Gasteiger partial charge in [0.25, 0.3) is 0 Å². The van der Waals surface area contributed by atoms with Crippen molar-refractivity contribution in [3.8, 4) is 0 Å². The first kappa shape index (κ1) is 8.90. The van der Waals surface area contributed by atoms with Gasteiger partial charge in [-0.15, -0.1) is 0 Å². The molecule has 4 nitrogen and oxygen atoms in total. The Kier molecular flexibility index (Phi) is 2.96. The van der Waals surface area contributed by atoms with Crippen LogP contribution in [-0.4, -0.2) is 37.6 Å². The number of carbonyl (C=O) groups is 1. The Balaban J connectivity index is 2.49. The van der Waals surface area contributed by atoms with Crippen LogP contribution < -0.4 is 5.32 Å². The molecule has 1 rings (SSSR count). The summed E-state index contributed by atoms with van der Waals surface area (Å²) in [5.41, 5.74) is 0. The quantitative estimate of drug-likeness (QED) is 0.465. The molecule has 1 heterocycles. The minimum absolute atomic E-state index is 0.284. The monoisotopic (exact) mass is 170 g/mol. The van der Waals surface area contributed by atoms with E-state index in [2.05, 4.69) is 5.32 Å². The molecule has 1 aliphatic heterocycles. The first-order chi connectivity index (χ1) is 5.74. The van der Waals surface area contributed by atoms with E-state index in [1.54, 1.807) is 6.92 Å². The number of rotatable bonds is 2. The van der Waals surface area contributed by atoms with Crippen LogP contribution in [-0.2, 0) is 9.53 Å². The van der Waals surface area contributed by atoms with E-state index in [-0.39, 0.29) is 5.97 Å². The fourth-order valence-corrected chi connectivity index (χ4v) is 1.06. The molecular weight excluding hydrogens is 156 g/mol. The van der Waals surface area contributed by atoms with Gasteiger partial charge in [0.2, 0.25) is 0 Å². The highest BCUT2D eigenvalue weighted by Crippen LogP contribution is 2.02. The van der Waals surface area contributed by atoms with Crippen LogP contribution in [0, 0.1) is 0 Å². The molecular formula is C8H14N2O2. The first-order valence-electron chi connectivity index (χ1n) is 4.07. The van der Waals surface area contributed by atoms with Gasteiger partial charge in [0.05, 0.1) is 12.7 Å². The van der Waals surface area contributed by atoms with Gasteiger partial charge >= 0.3 is 5.97 Å². The Hall–Kier alpha value is -1.19. The SMILES string of the molecule is CCOC(=O)/C=C1\NCCN1C. The maximum absolute atomic E-state index is 11.0. The number of nitrogens with one attached hydrogen (secondary N) is 1. The van der Waals surface area contributed by atoms with Gasteiger partial charge in [0.1, 0.15) is 5.82 Å². The predicted octanol–water partition coefficient (Wildman–Crippen LogP) is -0.0741. The van der Waals surface area contributed by atoms with E-state index in [9.17, 15) is 4.79 Å². The molecule has 1 fully saturated rings. The van der Waals surface area contributed by atoms with Gasteiger partial charge < -0.3 is 15.0 Å². The predicted molar refractivity (Wildman–Crippen MR) is 45.3 cm³/mol. The largest absolute Gasteiger partial charge is 0.463 e. The molecule has 0 aromatic rings. The van der Waals surface area contributed by atoms with Gasteiger partial charge in [0, 0.05) is 20.1 Å². The third-order valence-corrected chi connectivity index (χ3v) is 1.71. The summed E-state index contributed by atoms with van der Waals surface area (Å²) >= 11 is 0. The van der Waals surface area contributed by atoms with Crippen molar-refractivity contribution in [1.29, 1.82) is 0 Å². The van der Waals surface area contributed by atoms with Crippen LogP contribution in [0.25, 0.3) is 0 Å². The van der Waals surface area contributed by atoms with Gasteiger partial charge in [0.15, 0.2) is 0 Å². The average molecular weight is 170 g/mol. The van der Waals surface area contributed by atoms with Gasteiger partial charge in [-0.2, -0.15) is 0 Å². The van der Waals surface area contributed by atoms with Crippen LogP contribution in [0.2, 0.25) is 0 Å². The van der Waals surface area contributed by atoms with Crippen molar-refractivity contribution in [2.45, 2.75) is 6.92 Å². The summed E-state index contributed by atoms with van der Waals surface area (Å²) in [7, 11) is 1.94. The summed E-state index contributed by atoms with van der Waals surface area (Å²) in [6.07, 6.45) is 1.48. The average Bonchev–Trinajstić information content (AvgIpc) is 2.37. The molecule has 0 saturated carbocycles. The zero-order valence-electron chi connectivity index (χ0n) is 7.46. The number of hydrogen-bond donors (Lipinski definition) is 1. The maximum Gasteiger partial charge on any atom is 0.334 e. The van der Waals surface area contributed by atoms with Crippen molar-refractivity contribution in [1.82, 2.24) is 10.2 Å². The van der Waals surface area contributed by atoms with Gasteiger partial charge in [-0.1, -0.05) is 0 Å². The number of esters is 1. The Bertz CT molecular complexity index is 201. The highest BCUT2D eigenvalue weighted by Gasteiger charge is 2.12. The molecule has 0 amide bonds. The molecule has 0 aromatic heterocycles. The van der Waals surface area contributed by atoms with Crippen molar-refractivity contribution in [3.05, 3.63) is 11.9 Å². The van der Waals surface area contributed by atoms with Gasteiger partial charge in [-0.25, -0.2) is 4.79 Å². The molecule has 12 heavy (non-hydrogen) atoms. The second kappa shape index (κ2) is 3.99. The van der Waals surface area contributed by atoms with E-state index in [4.69, 9.17) is 4.74 Å². The molecule has 1 N–H and O–H groups in total. The van der Waals surface area contributed by atoms with E-state index in [0.717, 1.165) is 18.9 Å². The number of ether oxygens (including phenoxy) is 1. The Morgan fingerprint density at radius 3 is 3.08 bits per heavy atom. The fourth-order valence-electron chi connectivity index (χ4n) is 1.06. The lowest BCUT2D eigenvalue weighted by Gasteiger charge is -2.10. The highest BCUT2D eigenvalue weighted by atomic mass is 16.5. The number of likely N-dealkylation sites (N-methyl/N-ethyl adjacent to an activating group) is 1. The van der Waals surface area contributed by atoms with Crippen molar-refractivity contribution < 1.29 is 9.53 Å². The Labute approximate surface area is 72.2 Å². The van der Waals surface area contributed by atoms with Crippen molar-refractivity contribution in [2.24, 2.45) is 0 Å². The third kappa shape index (κ3) is 2.15. The van der Waals surface area contributed by atoms with Crippen molar-refractivity contribution in [2.75, 3.05) is 26.7 Å². The smallest absolute Gasteiger partial charge is 0.334 e. The maximum atomic E-state index is 11.0. The number of hydrogen-bond acceptors (Lipinski definition) is 4. The van der Waals surface area contributed by atoms with E-state index < -0.39 is 0 Å². The molecule has 0 aliphatic carbocycles. The molecule has 4 heteroatoms. The number of nitrogens with zero attached hydrogens (tertiary/aromatic N) is 1. The lowest BCUT2D eigenvalue weighted by molar-refractivity contribution is -0.137. The summed E-state index contributed by atoms with van der Waals surface area (Å²) in [5.74, 6) is 0.558. The molecule has 0 unspecified atom stereocenters. The molecule has 0 radical (unpaired) electrons. The second-order valence-corrected chi connectivity index (χ2v) is 2.63. The molecule has 1 saturated heterocycles. The minimum atomic E-state index is -0.284. The van der Waals surface area contributed by atoms with Crippen LogP contribution in [0.5, 0.6) is 0 Å². The zero-order valence-corrected chi connectivity index (χ0v) is 7.46. The minimum Gasteiger partial charge on any atom is -0.463 e. The van der Waals surface area contributed by atoms with E-state index in [0.29, 0.717) is 6.61 Å². The lowest BCUT2D eigenvalue weighted by Crippen LogP contribution is -2.16. The Morgan fingerprint density at radius 1 is 1.83 bits per heavy atom. The number of carbonyl (C=O) groups excluding carboxylic acids is 1. The van der Waals surface area contributed by atoms with Gasteiger partial charge in [-0.05, 0) is 6.92 Å². The van der Waals surface area contributed by atoms with Gasteiger partial charge in [-0.3, -0.25) is 0 Å². The lowest BCUT2D eigenvalue weighted by atomic mass is 10.5. The normalized spacial score (nSPS) is 19.5. The standard InChI is InChI=1S/C8H14N2O2/c1-3-12-8(11)6-7-9-4-5-10(7)2/h6,9H,3-5H2,1-2H3/b7-6+. The summed E-state index contributed by atoms with van der Waals surface area (Å²) in [6.45, 7) is 4.04. The van der Waals surface area contributed by atoms with E-state index in [1.165, 1.54) is 6.08 Å². The van der Waals surface area contributed by atoms with Crippen LogP contribution >= 0.6 is 0 Å². The summed E-state index contributed by atoms with van der Waals surface area (Å²) in [4.78, 5) is 13.0. The highest BCUT2D eigenvalue weighted by molar-refractivity contribution is 5.82. The molecule has 0 atom stereocenters. The van der Waals surface area contributed by atoms with Crippen LogP contribution in [0.15, 0.2) is 11.9 Å². The third-order valence-electron chi connectivity index (χ3n) is 1.71.